The quantitative estimate of drug-likeness (QED) is 0.749. The van der Waals surface area contributed by atoms with E-state index in [0.717, 1.165) is 67.5 Å². The van der Waals surface area contributed by atoms with Gasteiger partial charge in [0.15, 0.2) is 5.76 Å². The van der Waals surface area contributed by atoms with Gasteiger partial charge in [0.1, 0.15) is 5.82 Å². The molecule has 0 bridgehead atoms. The third-order valence-electron chi connectivity index (χ3n) is 7.20. The van der Waals surface area contributed by atoms with Crippen LogP contribution in [0.1, 0.15) is 61.3 Å². The first-order valence-electron chi connectivity index (χ1n) is 11.8. The van der Waals surface area contributed by atoms with Crippen LogP contribution >= 0.6 is 0 Å². The van der Waals surface area contributed by atoms with Crippen molar-refractivity contribution in [2.75, 3.05) is 42.5 Å². The molecule has 1 amide bonds. The molecule has 2 aromatic heterocycles. The van der Waals surface area contributed by atoms with Crippen LogP contribution in [0.25, 0.3) is 0 Å². The van der Waals surface area contributed by atoms with Gasteiger partial charge in [-0.3, -0.25) is 4.79 Å². The Balaban J connectivity index is 1.46. The van der Waals surface area contributed by atoms with Gasteiger partial charge in [-0.15, -0.1) is 0 Å². The van der Waals surface area contributed by atoms with Gasteiger partial charge in [-0.25, -0.2) is 4.98 Å². The average Bonchev–Trinajstić information content (AvgIpc) is 3.34. The molecular weight excluding hydrogens is 390 g/mol. The van der Waals surface area contributed by atoms with E-state index in [1.165, 1.54) is 25.7 Å². The summed E-state index contributed by atoms with van der Waals surface area (Å²) in [5.41, 5.74) is 2.23. The molecule has 0 N–H and O–H groups in total. The van der Waals surface area contributed by atoms with E-state index in [1.54, 1.807) is 18.4 Å². The molecule has 5 rings (SSSR count). The maximum atomic E-state index is 12.9. The molecule has 0 aromatic carbocycles. The molecule has 3 aliphatic heterocycles. The Morgan fingerprint density at radius 2 is 1.65 bits per heavy atom. The Morgan fingerprint density at radius 1 is 0.968 bits per heavy atom. The number of anilines is 2. The van der Waals surface area contributed by atoms with E-state index in [9.17, 15) is 4.79 Å². The highest BCUT2D eigenvalue weighted by atomic mass is 16.3. The molecule has 2 aromatic rings. The molecule has 0 spiro atoms. The van der Waals surface area contributed by atoms with E-state index in [4.69, 9.17) is 14.4 Å². The maximum Gasteiger partial charge on any atom is 0.289 e. The lowest BCUT2D eigenvalue weighted by molar-refractivity contribution is 0.0701. The van der Waals surface area contributed by atoms with Gasteiger partial charge in [-0.1, -0.05) is 13.8 Å². The van der Waals surface area contributed by atoms with Gasteiger partial charge in [0, 0.05) is 44.7 Å². The third kappa shape index (κ3) is 4.14. The number of amides is 1. The number of furan rings is 1. The molecule has 2 saturated heterocycles. The molecule has 2 fully saturated rings. The second-order valence-electron chi connectivity index (χ2n) is 9.57. The molecule has 0 aliphatic carbocycles. The summed E-state index contributed by atoms with van der Waals surface area (Å²) in [6, 6.07) is 3.50. The minimum absolute atomic E-state index is 0.0528. The van der Waals surface area contributed by atoms with E-state index >= 15 is 0 Å². The summed E-state index contributed by atoms with van der Waals surface area (Å²) in [7, 11) is 0. The molecule has 7 nitrogen and oxygen atoms in total. The first kappa shape index (κ1) is 20.3. The lowest BCUT2D eigenvalue weighted by Crippen LogP contribution is -2.41. The van der Waals surface area contributed by atoms with E-state index in [-0.39, 0.29) is 5.91 Å². The van der Waals surface area contributed by atoms with E-state index in [2.05, 4.69) is 23.6 Å². The number of aromatic nitrogens is 2. The first-order valence-corrected chi connectivity index (χ1v) is 11.8. The van der Waals surface area contributed by atoms with Crippen LogP contribution in [0.3, 0.4) is 0 Å². The number of rotatable bonds is 3. The molecular formula is C24H33N5O2. The van der Waals surface area contributed by atoms with Crippen molar-refractivity contribution in [2.45, 2.75) is 52.5 Å². The maximum absolute atomic E-state index is 12.9. The summed E-state index contributed by atoms with van der Waals surface area (Å²) in [5.74, 6) is 3.80. The second-order valence-corrected chi connectivity index (χ2v) is 9.57. The second kappa shape index (κ2) is 8.52. The van der Waals surface area contributed by atoms with Gasteiger partial charge < -0.3 is 19.1 Å². The average molecular weight is 424 g/mol. The predicted molar refractivity (Wildman–Crippen MR) is 120 cm³/mol. The molecule has 0 unspecified atom stereocenters. The summed E-state index contributed by atoms with van der Waals surface area (Å²) in [6.07, 6.45) is 7.08. The van der Waals surface area contributed by atoms with E-state index in [0.29, 0.717) is 18.8 Å². The SMILES string of the molecule is CC1CCN(c2nc3c(c(N4CCC(C)CC4)n2)CN(C(=O)c2ccco2)CC3)CC1. The summed E-state index contributed by atoms with van der Waals surface area (Å²) in [6.45, 7) is 9.97. The van der Waals surface area contributed by atoms with Crippen LogP contribution in [0.4, 0.5) is 11.8 Å². The number of piperidine rings is 2. The van der Waals surface area contributed by atoms with Crippen LogP contribution in [0, 0.1) is 11.8 Å². The van der Waals surface area contributed by atoms with Crippen molar-refractivity contribution in [1.29, 1.82) is 0 Å². The van der Waals surface area contributed by atoms with Crippen LogP contribution in [0.5, 0.6) is 0 Å². The third-order valence-corrected chi connectivity index (χ3v) is 7.20. The van der Waals surface area contributed by atoms with Gasteiger partial charge in [0.25, 0.3) is 5.91 Å². The van der Waals surface area contributed by atoms with Crippen molar-refractivity contribution < 1.29 is 9.21 Å². The Morgan fingerprint density at radius 3 is 2.29 bits per heavy atom. The number of carbonyl (C=O) groups excluding carboxylic acids is 1. The van der Waals surface area contributed by atoms with Crippen LogP contribution in [-0.4, -0.2) is 53.5 Å². The Bertz CT molecular complexity index is 912. The minimum Gasteiger partial charge on any atom is -0.459 e. The number of carbonyl (C=O) groups is 1. The zero-order valence-corrected chi connectivity index (χ0v) is 18.7. The van der Waals surface area contributed by atoms with Gasteiger partial charge in [-0.05, 0) is 49.7 Å². The van der Waals surface area contributed by atoms with Gasteiger partial charge in [-0.2, -0.15) is 4.98 Å². The molecule has 0 atom stereocenters. The fourth-order valence-electron chi connectivity index (χ4n) is 4.95. The molecule has 3 aliphatic rings. The molecule has 0 saturated carbocycles. The largest absolute Gasteiger partial charge is 0.459 e. The monoisotopic (exact) mass is 423 g/mol. The van der Waals surface area contributed by atoms with Crippen molar-refractivity contribution in [3.05, 3.63) is 35.4 Å². The van der Waals surface area contributed by atoms with Crippen molar-refractivity contribution in [3.63, 3.8) is 0 Å². The van der Waals surface area contributed by atoms with Crippen LogP contribution in [-0.2, 0) is 13.0 Å². The highest BCUT2D eigenvalue weighted by Gasteiger charge is 2.31. The van der Waals surface area contributed by atoms with Crippen LogP contribution in [0.2, 0.25) is 0 Å². The van der Waals surface area contributed by atoms with Crippen molar-refractivity contribution in [3.8, 4) is 0 Å². The molecule has 166 valence electrons. The highest BCUT2D eigenvalue weighted by molar-refractivity contribution is 5.91. The summed E-state index contributed by atoms with van der Waals surface area (Å²) in [5, 5.41) is 0. The summed E-state index contributed by atoms with van der Waals surface area (Å²) < 4.78 is 5.36. The van der Waals surface area contributed by atoms with Gasteiger partial charge in [0.2, 0.25) is 5.95 Å². The molecule has 7 heteroatoms. The zero-order valence-electron chi connectivity index (χ0n) is 18.7. The first-order chi connectivity index (χ1) is 15.1. The van der Waals surface area contributed by atoms with Crippen molar-refractivity contribution in [1.82, 2.24) is 14.9 Å². The standard InChI is InChI=1S/C24H33N5O2/c1-17-5-10-27(11-6-17)22-19-16-29(23(30)21-4-3-15-31-21)14-9-20(19)25-24(26-22)28-12-7-18(2)8-13-28/h3-4,15,17-18H,5-14,16H2,1-2H3. The highest BCUT2D eigenvalue weighted by Crippen LogP contribution is 2.33. The number of hydrogen-bond donors (Lipinski definition) is 0. The number of hydrogen-bond acceptors (Lipinski definition) is 6. The summed E-state index contributed by atoms with van der Waals surface area (Å²) >= 11 is 0. The van der Waals surface area contributed by atoms with E-state index < -0.39 is 0 Å². The lowest BCUT2D eigenvalue weighted by atomic mass is 9.98. The van der Waals surface area contributed by atoms with Crippen LogP contribution < -0.4 is 9.80 Å². The Hall–Kier alpha value is -2.57. The normalized spacial score (nSPS) is 20.8. The minimum atomic E-state index is -0.0528. The topological polar surface area (TPSA) is 65.7 Å². The smallest absolute Gasteiger partial charge is 0.289 e. The van der Waals surface area contributed by atoms with E-state index in [1.807, 2.05) is 4.90 Å². The number of fused-ring (bicyclic) bond motifs is 1. The van der Waals surface area contributed by atoms with Crippen LogP contribution in [0.15, 0.2) is 22.8 Å². The van der Waals surface area contributed by atoms with Gasteiger partial charge >= 0.3 is 0 Å². The fraction of sp³-hybridized carbons (Fsp3) is 0.625. The fourth-order valence-corrected chi connectivity index (χ4v) is 4.95. The molecule has 0 radical (unpaired) electrons. The molecule has 5 heterocycles. The predicted octanol–water partition coefficient (Wildman–Crippen LogP) is 3.74. The molecule has 31 heavy (non-hydrogen) atoms. The Labute approximate surface area is 184 Å². The van der Waals surface area contributed by atoms with Crippen molar-refractivity contribution in [2.24, 2.45) is 11.8 Å². The zero-order chi connectivity index (χ0) is 21.4. The Kier molecular flexibility index (Phi) is 5.59. The lowest BCUT2D eigenvalue weighted by Gasteiger charge is -2.37. The summed E-state index contributed by atoms with van der Waals surface area (Å²) in [4.78, 5) is 29.7. The van der Waals surface area contributed by atoms with Gasteiger partial charge in [0.05, 0.1) is 18.5 Å². The van der Waals surface area contributed by atoms with Crippen molar-refractivity contribution >= 4 is 17.7 Å². The number of nitrogens with zero attached hydrogens (tertiary/aromatic N) is 5.